The highest BCUT2D eigenvalue weighted by atomic mass is 32.1. The maximum atomic E-state index is 14.3. The largest absolute Gasteiger partial charge is 0.486 e. The molecule has 146 valence electrons. The van der Waals surface area contributed by atoms with Crippen LogP contribution in [0.5, 0.6) is 11.5 Å². The number of halogens is 2. The third-order valence-corrected chi connectivity index (χ3v) is 5.23. The molecule has 1 amide bonds. The van der Waals surface area contributed by atoms with Crippen molar-refractivity contribution in [3.63, 3.8) is 0 Å². The van der Waals surface area contributed by atoms with Gasteiger partial charge in [0.1, 0.15) is 19.0 Å². The van der Waals surface area contributed by atoms with Crippen LogP contribution in [0.2, 0.25) is 0 Å². The number of nitrogens with zero attached hydrogens (tertiary/aromatic N) is 2. The van der Waals surface area contributed by atoms with Gasteiger partial charge in [-0.1, -0.05) is 11.3 Å². The van der Waals surface area contributed by atoms with Crippen molar-refractivity contribution in [3.8, 4) is 11.5 Å². The van der Waals surface area contributed by atoms with Gasteiger partial charge in [0.05, 0.1) is 16.8 Å². The molecule has 0 fully saturated rings. The molecule has 0 saturated heterocycles. The van der Waals surface area contributed by atoms with Crippen LogP contribution in [0.1, 0.15) is 10.4 Å². The zero-order chi connectivity index (χ0) is 19.7. The summed E-state index contributed by atoms with van der Waals surface area (Å²) in [7, 11) is 1.52. The number of carbonyl (C=O) groups excluding carboxylic acids is 1. The molecule has 1 aromatic heterocycles. The summed E-state index contributed by atoms with van der Waals surface area (Å²) in [6.45, 7) is 1.41. The molecule has 1 aliphatic heterocycles. The van der Waals surface area contributed by atoms with Crippen LogP contribution in [0.3, 0.4) is 0 Å². The second-order valence-corrected chi connectivity index (χ2v) is 7.05. The van der Waals surface area contributed by atoms with Crippen molar-refractivity contribution in [1.29, 1.82) is 0 Å². The van der Waals surface area contributed by atoms with Crippen molar-refractivity contribution in [2.24, 2.45) is 4.99 Å². The molecule has 4 rings (SSSR count). The van der Waals surface area contributed by atoms with Crippen LogP contribution in [-0.4, -0.2) is 37.4 Å². The molecule has 3 aromatic rings. The van der Waals surface area contributed by atoms with Crippen molar-refractivity contribution in [1.82, 2.24) is 4.57 Å². The first-order valence-corrected chi connectivity index (χ1v) is 9.34. The third kappa shape index (κ3) is 3.50. The standard InChI is InChI=1S/C19H16F2N2O4S/c1-25-5-4-23-17-13(21)9-12(20)10-16(17)28-19(23)22-18(24)11-2-3-14-15(8-11)27-7-6-26-14/h2-3,8-10H,4-7H2,1H3. The second kappa shape index (κ2) is 7.69. The van der Waals surface area contributed by atoms with Gasteiger partial charge in [0.25, 0.3) is 5.91 Å². The summed E-state index contributed by atoms with van der Waals surface area (Å²) in [6, 6.07) is 6.83. The molecule has 0 aliphatic carbocycles. The maximum absolute atomic E-state index is 14.3. The van der Waals surface area contributed by atoms with Crippen LogP contribution in [0, 0.1) is 11.6 Å². The van der Waals surface area contributed by atoms with Gasteiger partial charge in [0, 0.05) is 25.3 Å². The highest BCUT2D eigenvalue weighted by molar-refractivity contribution is 7.16. The minimum Gasteiger partial charge on any atom is -0.486 e. The van der Waals surface area contributed by atoms with Crippen LogP contribution < -0.4 is 14.3 Å². The predicted octanol–water partition coefficient (Wildman–Crippen LogP) is 3.14. The van der Waals surface area contributed by atoms with E-state index in [4.69, 9.17) is 14.2 Å². The van der Waals surface area contributed by atoms with E-state index in [1.807, 2.05) is 0 Å². The Morgan fingerprint density at radius 3 is 2.79 bits per heavy atom. The van der Waals surface area contributed by atoms with Gasteiger partial charge in [-0.25, -0.2) is 8.78 Å². The molecule has 28 heavy (non-hydrogen) atoms. The molecule has 2 heterocycles. The number of rotatable bonds is 4. The Kier molecular flexibility index (Phi) is 5.10. The molecule has 0 N–H and O–H groups in total. The topological polar surface area (TPSA) is 62.1 Å². The van der Waals surface area contributed by atoms with Gasteiger partial charge < -0.3 is 18.8 Å². The average molecular weight is 406 g/mol. The molecular formula is C19H16F2N2O4S. The Morgan fingerprint density at radius 1 is 1.21 bits per heavy atom. The lowest BCUT2D eigenvalue weighted by Gasteiger charge is -2.18. The van der Waals surface area contributed by atoms with Gasteiger partial charge in [0.2, 0.25) is 0 Å². The minimum absolute atomic E-state index is 0.192. The third-order valence-electron chi connectivity index (χ3n) is 4.20. The monoisotopic (exact) mass is 406 g/mol. The molecular weight excluding hydrogens is 390 g/mol. The molecule has 0 spiro atoms. The SMILES string of the molecule is COCCn1c(=NC(=O)c2ccc3c(c2)OCCO3)sc2cc(F)cc(F)c21. The molecule has 0 saturated carbocycles. The fourth-order valence-electron chi connectivity index (χ4n) is 2.93. The Hall–Kier alpha value is -2.78. The summed E-state index contributed by atoms with van der Waals surface area (Å²) in [5, 5.41) is 0. The Morgan fingerprint density at radius 2 is 2.00 bits per heavy atom. The van der Waals surface area contributed by atoms with Gasteiger partial charge in [-0.3, -0.25) is 4.79 Å². The molecule has 2 aromatic carbocycles. The van der Waals surface area contributed by atoms with Crippen molar-refractivity contribution >= 4 is 27.5 Å². The lowest BCUT2D eigenvalue weighted by molar-refractivity contribution is 0.0996. The van der Waals surface area contributed by atoms with E-state index >= 15 is 0 Å². The molecule has 6 nitrogen and oxygen atoms in total. The Labute approximate surface area is 162 Å². The molecule has 1 aliphatic rings. The summed E-state index contributed by atoms with van der Waals surface area (Å²) in [4.78, 5) is 17.1. The normalized spacial score (nSPS) is 13.9. The number of benzene rings is 2. The first-order chi connectivity index (χ1) is 13.6. The average Bonchev–Trinajstić information content (AvgIpc) is 3.02. The summed E-state index contributed by atoms with van der Waals surface area (Å²) in [6.07, 6.45) is 0. The van der Waals surface area contributed by atoms with E-state index in [0.717, 1.165) is 17.4 Å². The zero-order valence-corrected chi connectivity index (χ0v) is 15.7. The van der Waals surface area contributed by atoms with E-state index in [2.05, 4.69) is 4.99 Å². The van der Waals surface area contributed by atoms with Gasteiger partial charge in [0.15, 0.2) is 22.1 Å². The predicted molar refractivity (Wildman–Crippen MR) is 98.9 cm³/mol. The number of thiazole rings is 1. The number of hydrogen-bond donors (Lipinski definition) is 0. The van der Waals surface area contributed by atoms with Gasteiger partial charge in [-0.15, -0.1) is 0 Å². The van der Waals surface area contributed by atoms with Gasteiger partial charge in [-0.05, 0) is 24.3 Å². The molecule has 0 bridgehead atoms. The zero-order valence-electron chi connectivity index (χ0n) is 14.9. The summed E-state index contributed by atoms with van der Waals surface area (Å²) in [5.41, 5.74) is 0.504. The minimum atomic E-state index is -0.712. The van der Waals surface area contributed by atoms with Crippen LogP contribution in [0.25, 0.3) is 10.2 Å². The highest BCUT2D eigenvalue weighted by Crippen LogP contribution is 2.31. The first-order valence-electron chi connectivity index (χ1n) is 8.53. The van der Waals surface area contributed by atoms with Crippen molar-refractivity contribution in [3.05, 3.63) is 52.3 Å². The van der Waals surface area contributed by atoms with Crippen LogP contribution in [0.15, 0.2) is 35.3 Å². The van der Waals surface area contributed by atoms with E-state index < -0.39 is 17.5 Å². The number of aromatic nitrogens is 1. The first kappa shape index (κ1) is 18.6. The van der Waals surface area contributed by atoms with E-state index in [1.165, 1.54) is 17.7 Å². The summed E-state index contributed by atoms with van der Waals surface area (Å²) < 4.78 is 45.8. The Bertz CT molecular complexity index is 1120. The fraction of sp³-hybridized carbons (Fsp3) is 0.263. The van der Waals surface area contributed by atoms with E-state index in [-0.39, 0.29) is 23.5 Å². The molecule has 0 unspecified atom stereocenters. The van der Waals surface area contributed by atoms with Crippen LogP contribution >= 0.6 is 11.3 Å². The maximum Gasteiger partial charge on any atom is 0.279 e. The van der Waals surface area contributed by atoms with E-state index in [9.17, 15) is 13.6 Å². The number of fused-ring (bicyclic) bond motifs is 2. The van der Waals surface area contributed by atoms with Crippen molar-refractivity contribution < 1.29 is 27.8 Å². The fourth-order valence-corrected chi connectivity index (χ4v) is 4.03. The summed E-state index contributed by atoms with van der Waals surface area (Å²) in [5.74, 6) is -0.873. The van der Waals surface area contributed by atoms with E-state index in [0.29, 0.717) is 35.0 Å². The number of carbonyl (C=O) groups is 1. The smallest absolute Gasteiger partial charge is 0.279 e. The van der Waals surface area contributed by atoms with E-state index in [1.54, 1.807) is 18.2 Å². The van der Waals surface area contributed by atoms with Gasteiger partial charge in [-0.2, -0.15) is 4.99 Å². The number of amides is 1. The number of methoxy groups -OCH3 is 1. The quantitative estimate of drug-likeness (QED) is 0.668. The van der Waals surface area contributed by atoms with Crippen molar-refractivity contribution in [2.45, 2.75) is 6.54 Å². The highest BCUT2D eigenvalue weighted by Gasteiger charge is 2.17. The molecule has 0 radical (unpaired) electrons. The number of hydrogen-bond acceptors (Lipinski definition) is 5. The van der Waals surface area contributed by atoms with Gasteiger partial charge >= 0.3 is 0 Å². The summed E-state index contributed by atoms with van der Waals surface area (Å²) >= 11 is 1.04. The lowest BCUT2D eigenvalue weighted by atomic mass is 10.2. The lowest BCUT2D eigenvalue weighted by Crippen LogP contribution is -2.20. The number of ether oxygens (including phenoxy) is 3. The molecule has 0 atom stereocenters. The van der Waals surface area contributed by atoms with Crippen LogP contribution in [-0.2, 0) is 11.3 Å². The Balaban J connectivity index is 1.79. The second-order valence-electron chi connectivity index (χ2n) is 6.04. The van der Waals surface area contributed by atoms with Crippen LogP contribution in [0.4, 0.5) is 8.78 Å². The van der Waals surface area contributed by atoms with Crippen molar-refractivity contribution in [2.75, 3.05) is 26.9 Å². The molecule has 9 heteroatoms.